The average Bonchev–Trinajstić information content (AvgIpc) is 2.74. The number of aryl methyl sites for hydroxylation is 1. The molecule has 0 fully saturated rings. The Morgan fingerprint density at radius 1 is 1.35 bits per heavy atom. The third-order valence-corrected chi connectivity index (χ3v) is 3.27. The summed E-state index contributed by atoms with van der Waals surface area (Å²) in [5.74, 6) is -0.314. The first kappa shape index (κ1) is 14.3. The van der Waals surface area contributed by atoms with Crippen molar-refractivity contribution in [2.75, 3.05) is 6.61 Å². The summed E-state index contributed by atoms with van der Waals surface area (Å²) in [7, 11) is 0. The molecule has 0 amide bonds. The van der Waals surface area contributed by atoms with Crippen LogP contribution in [0.5, 0.6) is 0 Å². The number of rotatable bonds is 4. The zero-order chi connectivity index (χ0) is 14.7. The first-order chi connectivity index (χ1) is 9.56. The number of quaternary nitrogens is 1. The van der Waals surface area contributed by atoms with Crippen molar-refractivity contribution in [2.24, 2.45) is 0 Å². The van der Waals surface area contributed by atoms with Gasteiger partial charge in [0.2, 0.25) is 6.04 Å². The lowest BCUT2D eigenvalue weighted by Crippen LogP contribution is -2.58. The molecule has 0 saturated heterocycles. The van der Waals surface area contributed by atoms with Crippen LogP contribution < -0.4 is 5.73 Å². The third kappa shape index (κ3) is 2.58. The first-order valence-corrected chi connectivity index (χ1v) is 6.67. The highest BCUT2D eigenvalue weighted by Crippen LogP contribution is 2.22. The molecule has 2 rings (SSSR count). The quantitative estimate of drug-likeness (QED) is 0.855. The normalized spacial score (nSPS) is 12.2. The van der Waals surface area contributed by atoms with Crippen molar-refractivity contribution in [1.82, 2.24) is 9.78 Å². The molecular formula is C15H20N3O2+. The molecule has 0 aliphatic rings. The van der Waals surface area contributed by atoms with Crippen LogP contribution in [0.3, 0.4) is 0 Å². The van der Waals surface area contributed by atoms with E-state index in [-0.39, 0.29) is 5.97 Å². The van der Waals surface area contributed by atoms with E-state index in [0.29, 0.717) is 6.61 Å². The number of ether oxygens (including phenoxy) is 1. The Hall–Kier alpha value is -2.14. The number of nitrogens with zero attached hydrogens (tertiary/aromatic N) is 2. The van der Waals surface area contributed by atoms with Gasteiger partial charge in [0.25, 0.3) is 0 Å². The zero-order valence-corrected chi connectivity index (χ0v) is 12.1. The highest BCUT2D eigenvalue weighted by molar-refractivity contribution is 5.76. The molecule has 1 aromatic heterocycles. The summed E-state index contributed by atoms with van der Waals surface area (Å²) in [5.41, 5.74) is 7.46. The fourth-order valence-electron chi connectivity index (χ4n) is 2.34. The predicted octanol–water partition coefficient (Wildman–Crippen LogP) is 1.34. The lowest BCUT2D eigenvalue weighted by Gasteiger charge is -2.09. The lowest BCUT2D eigenvalue weighted by molar-refractivity contribution is -0.414. The smallest absolute Gasteiger partial charge is 0.369 e. The molecule has 1 heterocycles. The number of carbonyl (C=O) groups excluding carboxylic acids is 1. The van der Waals surface area contributed by atoms with Crippen molar-refractivity contribution in [3.05, 3.63) is 47.3 Å². The van der Waals surface area contributed by atoms with Gasteiger partial charge in [-0.15, -0.1) is 0 Å². The Kier molecular flexibility index (Phi) is 4.20. The van der Waals surface area contributed by atoms with Crippen molar-refractivity contribution in [3.8, 4) is 5.69 Å². The summed E-state index contributed by atoms with van der Waals surface area (Å²) in [4.78, 5) is 11.9. The molecule has 5 nitrogen and oxygen atoms in total. The number of esters is 1. The molecule has 0 saturated carbocycles. The summed E-state index contributed by atoms with van der Waals surface area (Å²) >= 11 is 0. The number of carbonyl (C=O) groups is 1. The summed E-state index contributed by atoms with van der Waals surface area (Å²) in [6, 6.07) is 9.28. The Bertz CT molecular complexity index is 605. The fraction of sp³-hybridized carbons (Fsp3) is 0.333. The predicted molar refractivity (Wildman–Crippen MR) is 75.3 cm³/mol. The number of hydrogen-bond donors (Lipinski definition) is 1. The molecule has 5 heteroatoms. The van der Waals surface area contributed by atoms with Crippen molar-refractivity contribution >= 4 is 5.97 Å². The standard InChI is InChI=1S/C15H19N3O2/c1-4-20-15(19)14(16)13-10(2)17-18(11(13)3)12-8-6-5-7-9-12/h5-9,14H,4,16H2,1-3H3/p+1/t14-/m1/s1. The Morgan fingerprint density at radius 2 is 2.00 bits per heavy atom. The van der Waals surface area contributed by atoms with Crippen LogP contribution >= 0.6 is 0 Å². The molecule has 106 valence electrons. The van der Waals surface area contributed by atoms with E-state index in [0.717, 1.165) is 22.6 Å². The van der Waals surface area contributed by atoms with Gasteiger partial charge in [-0.25, -0.2) is 9.48 Å². The number of aromatic nitrogens is 2. The second kappa shape index (κ2) is 5.88. The summed E-state index contributed by atoms with van der Waals surface area (Å²) in [6.45, 7) is 5.98. The maximum absolute atomic E-state index is 11.9. The Balaban J connectivity index is 2.42. The van der Waals surface area contributed by atoms with Crippen molar-refractivity contribution in [1.29, 1.82) is 0 Å². The van der Waals surface area contributed by atoms with Gasteiger partial charge in [0.05, 0.1) is 29.2 Å². The molecule has 20 heavy (non-hydrogen) atoms. The summed E-state index contributed by atoms with van der Waals surface area (Å²) in [6.07, 6.45) is 0. The second-order valence-electron chi connectivity index (χ2n) is 4.64. The van der Waals surface area contributed by atoms with Crippen molar-refractivity contribution < 1.29 is 15.3 Å². The van der Waals surface area contributed by atoms with Crippen molar-refractivity contribution in [3.63, 3.8) is 0 Å². The fourth-order valence-corrected chi connectivity index (χ4v) is 2.34. The van der Waals surface area contributed by atoms with E-state index in [9.17, 15) is 4.79 Å². The van der Waals surface area contributed by atoms with Gasteiger partial charge in [0, 0.05) is 0 Å². The van der Waals surface area contributed by atoms with Gasteiger partial charge < -0.3 is 10.5 Å². The second-order valence-corrected chi connectivity index (χ2v) is 4.64. The topological polar surface area (TPSA) is 71.8 Å². The number of hydrogen-bond acceptors (Lipinski definition) is 3. The third-order valence-electron chi connectivity index (χ3n) is 3.27. The van der Waals surface area contributed by atoms with E-state index in [1.165, 1.54) is 0 Å². The minimum atomic E-state index is -0.549. The van der Waals surface area contributed by atoms with Gasteiger partial charge in [-0.3, -0.25) is 0 Å². The molecule has 0 aliphatic heterocycles. The maximum atomic E-state index is 11.9. The average molecular weight is 274 g/mol. The van der Waals surface area contributed by atoms with Gasteiger partial charge in [-0.2, -0.15) is 5.10 Å². The molecule has 0 unspecified atom stereocenters. The molecule has 0 bridgehead atoms. The molecule has 3 N–H and O–H groups in total. The van der Waals surface area contributed by atoms with Crippen LogP contribution in [-0.4, -0.2) is 22.4 Å². The van der Waals surface area contributed by atoms with E-state index < -0.39 is 6.04 Å². The first-order valence-electron chi connectivity index (χ1n) is 6.67. The minimum absolute atomic E-state index is 0.314. The van der Waals surface area contributed by atoms with Crippen LogP contribution in [-0.2, 0) is 9.53 Å². The highest BCUT2D eigenvalue weighted by atomic mass is 16.5. The molecule has 0 radical (unpaired) electrons. The van der Waals surface area contributed by atoms with Crippen LogP contribution in [0.1, 0.15) is 29.9 Å². The lowest BCUT2D eigenvalue weighted by atomic mass is 10.1. The van der Waals surface area contributed by atoms with E-state index in [1.807, 2.05) is 48.9 Å². The molecule has 2 aromatic rings. The van der Waals surface area contributed by atoms with Crippen LogP contribution in [0.2, 0.25) is 0 Å². The minimum Gasteiger partial charge on any atom is -0.461 e. The zero-order valence-electron chi connectivity index (χ0n) is 12.1. The number of benzene rings is 1. The van der Waals surface area contributed by atoms with Crippen LogP contribution in [0.4, 0.5) is 0 Å². The Morgan fingerprint density at radius 3 is 2.60 bits per heavy atom. The summed E-state index contributed by atoms with van der Waals surface area (Å²) < 4.78 is 6.88. The Labute approximate surface area is 118 Å². The van der Waals surface area contributed by atoms with Crippen LogP contribution in [0, 0.1) is 13.8 Å². The van der Waals surface area contributed by atoms with Crippen molar-refractivity contribution in [2.45, 2.75) is 26.8 Å². The largest absolute Gasteiger partial charge is 0.461 e. The van der Waals surface area contributed by atoms with Gasteiger partial charge in [0.1, 0.15) is 0 Å². The van der Waals surface area contributed by atoms with Gasteiger partial charge >= 0.3 is 5.97 Å². The highest BCUT2D eigenvalue weighted by Gasteiger charge is 2.28. The van der Waals surface area contributed by atoms with Gasteiger partial charge in [-0.1, -0.05) is 18.2 Å². The van der Waals surface area contributed by atoms with Crippen LogP contribution in [0.15, 0.2) is 30.3 Å². The SMILES string of the molecule is CCOC(=O)[C@H]([NH3+])c1c(C)nn(-c2ccccc2)c1C. The number of para-hydroxylation sites is 1. The van der Waals surface area contributed by atoms with E-state index in [2.05, 4.69) is 10.8 Å². The molecule has 0 aliphatic carbocycles. The molecule has 1 atom stereocenters. The van der Waals surface area contributed by atoms with E-state index in [4.69, 9.17) is 4.74 Å². The monoisotopic (exact) mass is 274 g/mol. The van der Waals surface area contributed by atoms with Gasteiger partial charge in [-0.05, 0) is 32.9 Å². The van der Waals surface area contributed by atoms with E-state index >= 15 is 0 Å². The molecule has 1 aromatic carbocycles. The molecule has 0 spiro atoms. The van der Waals surface area contributed by atoms with E-state index in [1.54, 1.807) is 6.92 Å². The summed E-state index contributed by atoms with van der Waals surface area (Å²) in [5, 5.41) is 4.51. The van der Waals surface area contributed by atoms with Gasteiger partial charge in [0.15, 0.2) is 0 Å². The van der Waals surface area contributed by atoms with Crippen LogP contribution in [0.25, 0.3) is 5.69 Å². The maximum Gasteiger partial charge on any atom is 0.369 e. The molecular weight excluding hydrogens is 254 g/mol.